The lowest BCUT2D eigenvalue weighted by Gasteiger charge is -2.15. The van der Waals surface area contributed by atoms with Gasteiger partial charge in [0.1, 0.15) is 5.78 Å². The zero-order chi connectivity index (χ0) is 20.1. The predicted octanol–water partition coefficient (Wildman–Crippen LogP) is 2.92. The summed E-state index contributed by atoms with van der Waals surface area (Å²) in [6, 6.07) is 11.6. The van der Waals surface area contributed by atoms with Crippen molar-refractivity contribution < 1.29 is 18.4 Å². The van der Waals surface area contributed by atoms with Gasteiger partial charge in [-0.3, -0.25) is 9.78 Å². The molecule has 0 fully saturated rings. The average Bonchev–Trinajstić information content (AvgIpc) is 3.02. The zero-order valence-corrected chi connectivity index (χ0v) is 14.1. The maximum atomic E-state index is 12.6. The van der Waals surface area contributed by atoms with E-state index in [0.717, 1.165) is 11.1 Å². The number of nitrogens with zero attached hydrogens (tertiary/aromatic N) is 2. The van der Waals surface area contributed by atoms with Crippen molar-refractivity contribution in [3.63, 3.8) is 0 Å². The lowest BCUT2D eigenvalue weighted by Crippen LogP contribution is -2.14. The zero-order valence-electron chi connectivity index (χ0n) is 17.1. The van der Waals surface area contributed by atoms with Crippen LogP contribution in [0.15, 0.2) is 47.6 Å². The molecule has 0 N–H and O–H groups in total. The molecule has 0 unspecified atom stereocenters. The number of pyridine rings is 1. The summed E-state index contributed by atoms with van der Waals surface area (Å²) < 4.78 is 31.8. The van der Waals surface area contributed by atoms with Gasteiger partial charge >= 0.3 is 0 Å². The Bertz CT molecular complexity index is 867. The van der Waals surface area contributed by atoms with E-state index in [9.17, 15) is 4.79 Å². The van der Waals surface area contributed by atoms with Gasteiger partial charge in [0.05, 0.1) is 29.9 Å². The molecule has 25 heavy (non-hydrogen) atoms. The van der Waals surface area contributed by atoms with Crippen LogP contribution in [0.25, 0.3) is 0 Å². The van der Waals surface area contributed by atoms with Gasteiger partial charge in [0, 0.05) is 37.8 Å². The fourth-order valence-electron chi connectivity index (χ4n) is 3.04. The number of hydrogen-bond acceptors (Lipinski definition) is 5. The number of rotatable bonds is 7. The van der Waals surface area contributed by atoms with Crippen LogP contribution < -0.4 is 0 Å². The lowest BCUT2D eigenvalue weighted by atomic mass is 9.93. The largest absolute Gasteiger partial charge is 0.481 e. The van der Waals surface area contributed by atoms with Crippen LogP contribution in [-0.4, -0.2) is 37.4 Å². The van der Waals surface area contributed by atoms with Gasteiger partial charge in [0.25, 0.3) is 0 Å². The van der Waals surface area contributed by atoms with Gasteiger partial charge in [0.2, 0.25) is 5.90 Å². The summed E-state index contributed by atoms with van der Waals surface area (Å²) in [5, 5.41) is 0. The maximum Gasteiger partial charge on any atom is 0.218 e. The Kier molecular flexibility index (Phi) is 4.41. The van der Waals surface area contributed by atoms with Gasteiger partial charge in [-0.2, -0.15) is 0 Å². The summed E-state index contributed by atoms with van der Waals surface area (Å²) in [6.07, 6.45) is 2.09. The fraction of sp³-hybridized carbons (Fsp3) is 0.350. The summed E-state index contributed by atoms with van der Waals surface area (Å²) in [5.74, 6) is 0.136. The standard InChI is InChI=1S/C20H22N2O3/c1-24-13-16(14-6-4-3-5-7-14)9-18(23)10-17-8-15-11-22-20(25-2)19(15)12-21-17/h3-8,12,16H,9-11,13H2,1-2H3/t16-/m1/s1/i2D3. The van der Waals surface area contributed by atoms with E-state index in [1.165, 1.54) is 6.20 Å². The monoisotopic (exact) mass is 341 g/mol. The first-order valence-electron chi connectivity index (χ1n) is 9.63. The SMILES string of the molecule is [2H]C([2H])([2H])OC1=NCc2cc(CC(=O)C[C@H](COC)c3ccccc3)ncc21. The molecule has 1 aliphatic rings. The molecular weight excluding hydrogens is 316 g/mol. The van der Waals surface area contributed by atoms with Gasteiger partial charge < -0.3 is 9.47 Å². The highest BCUT2D eigenvalue weighted by Crippen LogP contribution is 2.22. The van der Waals surface area contributed by atoms with Gasteiger partial charge in [-0.15, -0.1) is 0 Å². The normalized spacial score (nSPS) is 16.2. The Morgan fingerprint density at radius 2 is 2.20 bits per heavy atom. The molecule has 0 bridgehead atoms. The van der Waals surface area contributed by atoms with E-state index in [4.69, 9.17) is 13.6 Å². The van der Waals surface area contributed by atoms with Crippen molar-refractivity contribution in [1.29, 1.82) is 0 Å². The van der Waals surface area contributed by atoms with Crippen LogP contribution in [0.4, 0.5) is 0 Å². The van der Waals surface area contributed by atoms with Crippen molar-refractivity contribution in [2.75, 3.05) is 20.8 Å². The lowest BCUT2D eigenvalue weighted by molar-refractivity contribution is -0.119. The molecule has 1 aromatic heterocycles. The second-order valence-corrected chi connectivity index (χ2v) is 6.04. The molecule has 1 atom stereocenters. The number of benzene rings is 1. The number of carbonyl (C=O) groups is 1. The molecule has 0 spiro atoms. The number of carbonyl (C=O) groups excluding carboxylic acids is 1. The minimum atomic E-state index is -2.55. The second kappa shape index (κ2) is 8.03. The van der Waals surface area contributed by atoms with Crippen molar-refractivity contribution in [3.8, 4) is 0 Å². The van der Waals surface area contributed by atoms with Crippen LogP contribution in [-0.2, 0) is 27.2 Å². The molecule has 2 heterocycles. The Hall–Kier alpha value is -2.53. The van der Waals surface area contributed by atoms with E-state index in [0.29, 0.717) is 30.8 Å². The van der Waals surface area contributed by atoms with Crippen molar-refractivity contribution >= 4 is 11.7 Å². The number of aromatic nitrogens is 1. The molecule has 2 aromatic rings. The van der Waals surface area contributed by atoms with E-state index in [1.54, 1.807) is 13.2 Å². The quantitative estimate of drug-likeness (QED) is 0.777. The van der Waals surface area contributed by atoms with Crippen LogP contribution >= 0.6 is 0 Å². The third-order valence-electron chi connectivity index (χ3n) is 4.26. The molecule has 0 amide bonds. The summed E-state index contributed by atoms with van der Waals surface area (Å²) >= 11 is 0. The molecule has 5 nitrogen and oxygen atoms in total. The van der Waals surface area contributed by atoms with E-state index < -0.39 is 7.04 Å². The Morgan fingerprint density at radius 3 is 2.96 bits per heavy atom. The molecule has 1 aromatic carbocycles. The summed E-state index contributed by atoms with van der Waals surface area (Å²) in [5.41, 5.74) is 3.08. The molecule has 0 saturated heterocycles. The van der Waals surface area contributed by atoms with Crippen molar-refractivity contribution in [2.45, 2.75) is 25.3 Å². The van der Waals surface area contributed by atoms with Crippen LogP contribution in [0.5, 0.6) is 0 Å². The molecule has 0 radical (unpaired) electrons. The second-order valence-electron chi connectivity index (χ2n) is 6.04. The number of hydrogen-bond donors (Lipinski definition) is 0. The topological polar surface area (TPSA) is 60.8 Å². The molecule has 3 rings (SSSR count). The summed E-state index contributed by atoms with van der Waals surface area (Å²) in [7, 11) is -0.926. The van der Waals surface area contributed by atoms with Crippen molar-refractivity contribution in [1.82, 2.24) is 4.98 Å². The minimum Gasteiger partial charge on any atom is -0.481 e. The number of Topliss-reactive ketones (excluding diaryl/α,β-unsaturated/α-hetero) is 1. The third-order valence-corrected chi connectivity index (χ3v) is 4.26. The first-order valence-corrected chi connectivity index (χ1v) is 8.13. The number of ether oxygens (including phenoxy) is 2. The van der Waals surface area contributed by atoms with Crippen LogP contribution in [0.3, 0.4) is 0 Å². The average molecular weight is 341 g/mol. The molecule has 5 heteroatoms. The number of methoxy groups -OCH3 is 2. The third kappa shape index (κ3) is 4.12. The Morgan fingerprint density at radius 1 is 1.36 bits per heavy atom. The Balaban J connectivity index is 1.65. The summed E-state index contributed by atoms with van der Waals surface area (Å²) in [4.78, 5) is 21.0. The number of ketones is 1. The highest BCUT2D eigenvalue weighted by atomic mass is 16.5. The van der Waals surface area contributed by atoms with Crippen LogP contribution in [0.2, 0.25) is 0 Å². The van der Waals surface area contributed by atoms with E-state index in [-0.39, 0.29) is 24.0 Å². The first kappa shape index (κ1) is 13.7. The molecule has 1 aliphatic heterocycles. The molecule has 0 saturated carbocycles. The molecule has 0 aliphatic carbocycles. The number of aliphatic imine (C=N–C) groups is 1. The van der Waals surface area contributed by atoms with Crippen molar-refractivity contribution in [2.24, 2.45) is 4.99 Å². The highest BCUT2D eigenvalue weighted by molar-refractivity contribution is 5.97. The smallest absolute Gasteiger partial charge is 0.218 e. The van der Waals surface area contributed by atoms with E-state index in [1.807, 2.05) is 30.3 Å². The Labute approximate surface area is 151 Å². The fourth-order valence-corrected chi connectivity index (χ4v) is 3.04. The van der Waals surface area contributed by atoms with Gasteiger partial charge in [0.15, 0.2) is 0 Å². The molecule has 130 valence electrons. The first-order chi connectivity index (χ1) is 13.4. The van der Waals surface area contributed by atoms with Gasteiger partial charge in [-0.05, 0) is 17.2 Å². The van der Waals surface area contributed by atoms with Crippen LogP contribution in [0, 0.1) is 0 Å². The summed E-state index contributed by atoms with van der Waals surface area (Å²) in [6.45, 7) is 0.789. The van der Waals surface area contributed by atoms with Crippen molar-refractivity contribution in [3.05, 3.63) is 65.0 Å². The van der Waals surface area contributed by atoms with Gasteiger partial charge in [-0.1, -0.05) is 30.3 Å². The predicted molar refractivity (Wildman–Crippen MR) is 95.9 cm³/mol. The highest BCUT2D eigenvalue weighted by Gasteiger charge is 2.20. The maximum absolute atomic E-state index is 12.6. The van der Waals surface area contributed by atoms with E-state index in [2.05, 4.69) is 9.98 Å². The number of fused-ring (bicyclic) bond motifs is 1. The van der Waals surface area contributed by atoms with Crippen LogP contribution in [0.1, 0.15) is 38.8 Å². The minimum absolute atomic E-state index is 0.00394. The van der Waals surface area contributed by atoms with Gasteiger partial charge in [-0.25, -0.2) is 4.99 Å². The molecular formula is C20H22N2O3. The van der Waals surface area contributed by atoms with E-state index >= 15 is 0 Å².